The van der Waals surface area contributed by atoms with Crippen molar-refractivity contribution in [3.63, 3.8) is 0 Å². The fourth-order valence-corrected chi connectivity index (χ4v) is 3.34. The molecule has 0 aliphatic rings. The molecule has 27 heavy (non-hydrogen) atoms. The van der Waals surface area contributed by atoms with Gasteiger partial charge in [0.1, 0.15) is 16.6 Å². The quantitative estimate of drug-likeness (QED) is 0.486. The van der Waals surface area contributed by atoms with Gasteiger partial charge in [0.25, 0.3) is 5.91 Å². The first-order chi connectivity index (χ1) is 13.2. The van der Waals surface area contributed by atoms with Gasteiger partial charge in [0.15, 0.2) is 0 Å². The summed E-state index contributed by atoms with van der Waals surface area (Å²) in [6, 6.07) is 19.2. The van der Waals surface area contributed by atoms with Crippen LogP contribution in [0.3, 0.4) is 0 Å². The fraction of sp³-hybridized carbons (Fsp3) is 0.0952. The largest absolute Gasteiger partial charge is 0.351 e. The standard InChI is InChI=1S/C21H16ClN3OS/c22-18-8-6-16(7-9-18)21-25-19(14-27-21)12-17(13-23)20(26)24-11-10-15-4-2-1-3-5-15/h1-9,12,14H,10-11H2,(H,24,26)/b17-12+. The number of amides is 1. The lowest BCUT2D eigenvalue weighted by Crippen LogP contribution is -2.26. The highest BCUT2D eigenvalue weighted by atomic mass is 35.5. The van der Waals surface area contributed by atoms with Gasteiger partial charge in [-0.2, -0.15) is 5.26 Å². The SMILES string of the molecule is N#C/C(=C\c1csc(-c2ccc(Cl)cc2)n1)C(=O)NCCc1ccccc1. The Kier molecular flexibility index (Phi) is 6.37. The van der Waals surface area contributed by atoms with E-state index in [0.29, 0.717) is 23.7 Å². The summed E-state index contributed by atoms with van der Waals surface area (Å²) < 4.78 is 0. The number of hydrogen-bond acceptors (Lipinski definition) is 4. The maximum absolute atomic E-state index is 12.2. The van der Waals surface area contributed by atoms with Crippen molar-refractivity contribution in [3.05, 3.63) is 81.8 Å². The molecule has 0 saturated heterocycles. The summed E-state index contributed by atoms with van der Waals surface area (Å²) in [7, 11) is 0. The van der Waals surface area contributed by atoms with E-state index in [1.165, 1.54) is 17.4 Å². The average Bonchev–Trinajstić information content (AvgIpc) is 3.16. The van der Waals surface area contributed by atoms with Crippen LogP contribution in [0.25, 0.3) is 16.6 Å². The molecule has 0 aliphatic heterocycles. The van der Waals surface area contributed by atoms with E-state index in [0.717, 1.165) is 16.1 Å². The molecule has 2 aromatic carbocycles. The molecule has 0 spiro atoms. The third kappa shape index (κ3) is 5.27. The molecule has 1 heterocycles. The van der Waals surface area contributed by atoms with Crippen LogP contribution >= 0.6 is 22.9 Å². The van der Waals surface area contributed by atoms with Crippen molar-refractivity contribution >= 4 is 34.9 Å². The first kappa shape index (κ1) is 18.8. The maximum Gasteiger partial charge on any atom is 0.262 e. The van der Waals surface area contributed by atoms with E-state index >= 15 is 0 Å². The first-order valence-electron chi connectivity index (χ1n) is 8.31. The summed E-state index contributed by atoms with van der Waals surface area (Å²) in [5.41, 5.74) is 2.69. The Morgan fingerprint density at radius 2 is 1.93 bits per heavy atom. The van der Waals surface area contributed by atoms with Crippen LogP contribution in [0.2, 0.25) is 5.02 Å². The summed E-state index contributed by atoms with van der Waals surface area (Å²) in [4.78, 5) is 16.7. The van der Waals surface area contributed by atoms with Gasteiger partial charge in [-0.25, -0.2) is 4.98 Å². The monoisotopic (exact) mass is 393 g/mol. The van der Waals surface area contributed by atoms with Crippen molar-refractivity contribution in [2.75, 3.05) is 6.54 Å². The van der Waals surface area contributed by atoms with Gasteiger partial charge in [-0.3, -0.25) is 4.79 Å². The number of benzene rings is 2. The lowest BCUT2D eigenvalue weighted by atomic mass is 10.1. The molecule has 3 rings (SSSR count). The second kappa shape index (κ2) is 9.13. The molecule has 0 aliphatic carbocycles. The van der Waals surface area contributed by atoms with E-state index in [4.69, 9.17) is 11.6 Å². The van der Waals surface area contributed by atoms with Crippen molar-refractivity contribution in [3.8, 4) is 16.6 Å². The van der Waals surface area contributed by atoms with Crippen LogP contribution in [0.1, 0.15) is 11.3 Å². The summed E-state index contributed by atoms with van der Waals surface area (Å²) in [5, 5.41) is 15.4. The second-order valence-electron chi connectivity index (χ2n) is 5.75. The third-order valence-corrected chi connectivity index (χ3v) is 4.97. The Bertz CT molecular complexity index is 988. The van der Waals surface area contributed by atoms with E-state index in [-0.39, 0.29) is 5.57 Å². The third-order valence-electron chi connectivity index (χ3n) is 3.81. The summed E-state index contributed by atoms with van der Waals surface area (Å²) in [6.07, 6.45) is 2.22. The molecule has 0 radical (unpaired) electrons. The van der Waals surface area contributed by atoms with Crippen molar-refractivity contribution < 1.29 is 4.79 Å². The van der Waals surface area contributed by atoms with Crippen molar-refractivity contribution in [1.29, 1.82) is 5.26 Å². The topological polar surface area (TPSA) is 65.8 Å². The molecule has 0 fully saturated rings. The molecule has 0 unspecified atom stereocenters. The molecule has 4 nitrogen and oxygen atoms in total. The molecule has 0 saturated carbocycles. The lowest BCUT2D eigenvalue weighted by Gasteiger charge is -2.04. The van der Waals surface area contributed by atoms with Gasteiger partial charge in [-0.1, -0.05) is 54.1 Å². The Labute approximate surface area is 166 Å². The number of aromatic nitrogens is 1. The van der Waals surface area contributed by atoms with Crippen LogP contribution in [0.15, 0.2) is 65.6 Å². The summed E-state index contributed by atoms with van der Waals surface area (Å²) in [5.74, 6) is -0.394. The molecular weight excluding hydrogens is 378 g/mol. The number of carbonyl (C=O) groups excluding carboxylic acids is 1. The van der Waals surface area contributed by atoms with E-state index in [1.807, 2.05) is 53.9 Å². The maximum atomic E-state index is 12.2. The zero-order valence-corrected chi connectivity index (χ0v) is 15.9. The minimum Gasteiger partial charge on any atom is -0.351 e. The van der Waals surface area contributed by atoms with Crippen LogP contribution in [0.5, 0.6) is 0 Å². The van der Waals surface area contributed by atoms with Gasteiger partial charge in [0.05, 0.1) is 5.69 Å². The molecule has 1 N–H and O–H groups in total. The van der Waals surface area contributed by atoms with Gasteiger partial charge in [0, 0.05) is 22.5 Å². The number of nitrogens with one attached hydrogen (secondary N) is 1. The van der Waals surface area contributed by atoms with Gasteiger partial charge in [-0.15, -0.1) is 11.3 Å². The molecule has 0 atom stereocenters. The predicted molar refractivity (Wildman–Crippen MR) is 109 cm³/mol. The smallest absolute Gasteiger partial charge is 0.262 e. The molecule has 3 aromatic rings. The second-order valence-corrected chi connectivity index (χ2v) is 7.04. The van der Waals surface area contributed by atoms with Gasteiger partial charge < -0.3 is 5.32 Å². The van der Waals surface area contributed by atoms with E-state index < -0.39 is 5.91 Å². The molecule has 1 amide bonds. The Morgan fingerprint density at radius 1 is 1.19 bits per heavy atom. The number of halogens is 1. The Hall–Kier alpha value is -2.94. The number of carbonyl (C=O) groups is 1. The van der Waals surface area contributed by atoms with Gasteiger partial charge in [-0.05, 0) is 30.2 Å². The zero-order valence-electron chi connectivity index (χ0n) is 14.4. The number of rotatable bonds is 6. The molecular formula is C21H16ClN3OS. The Balaban J connectivity index is 1.64. The van der Waals surface area contributed by atoms with Crippen LogP contribution in [-0.2, 0) is 11.2 Å². The summed E-state index contributed by atoms with van der Waals surface area (Å²) in [6.45, 7) is 0.467. The van der Waals surface area contributed by atoms with E-state index in [2.05, 4.69) is 10.3 Å². The normalized spacial score (nSPS) is 11.0. The minimum absolute atomic E-state index is 0.0380. The van der Waals surface area contributed by atoms with Gasteiger partial charge >= 0.3 is 0 Å². The number of hydrogen-bond donors (Lipinski definition) is 1. The van der Waals surface area contributed by atoms with Crippen molar-refractivity contribution in [2.45, 2.75) is 6.42 Å². The number of nitriles is 1. The average molecular weight is 394 g/mol. The Morgan fingerprint density at radius 3 is 2.63 bits per heavy atom. The van der Waals surface area contributed by atoms with E-state index in [9.17, 15) is 10.1 Å². The molecule has 0 bridgehead atoms. The van der Waals surface area contributed by atoms with Crippen LogP contribution < -0.4 is 5.32 Å². The lowest BCUT2D eigenvalue weighted by molar-refractivity contribution is -0.117. The van der Waals surface area contributed by atoms with Crippen LogP contribution in [-0.4, -0.2) is 17.4 Å². The summed E-state index contributed by atoms with van der Waals surface area (Å²) >= 11 is 7.35. The first-order valence-corrected chi connectivity index (χ1v) is 9.57. The highest BCUT2D eigenvalue weighted by Gasteiger charge is 2.10. The number of nitrogens with zero attached hydrogens (tertiary/aromatic N) is 2. The van der Waals surface area contributed by atoms with Crippen LogP contribution in [0, 0.1) is 11.3 Å². The fourth-order valence-electron chi connectivity index (χ4n) is 2.43. The van der Waals surface area contributed by atoms with Crippen LogP contribution in [0.4, 0.5) is 0 Å². The van der Waals surface area contributed by atoms with Crippen molar-refractivity contribution in [2.24, 2.45) is 0 Å². The van der Waals surface area contributed by atoms with E-state index in [1.54, 1.807) is 12.1 Å². The predicted octanol–water partition coefficient (Wildman–Crippen LogP) is 4.73. The van der Waals surface area contributed by atoms with Gasteiger partial charge in [0.2, 0.25) is 0 Å². The highest BCUT2D eigenvalue weighted by molar-refractivity contribution is 7.13. The molecule has 6 heteroatoms. The zero-order chi connectivity index (χ0) is 19.1. The highest BCUT2D eigenvalue weighted by Crippen LogP contribution is 2.25. The minimum atomic E-state index is -0.394. The molecule has 1 aromatic heterocycles. The van der Waals surface area contributed by atoms with Crippen molar-refractivity contribution in [1.82, 2.24) is 10.3 Å². The molecule has 134 valence electrons. The number of thiazole rings is 1.